The van der Waals surface area contributed by atoms with Gasteiger partial charge in [0.2, 0.25) is 0 Å². The van der Waals surface area contributed by atoms with Crippen molar-refractivity contribution in [1.82, 2.24) is 24.9 Å². The molecule has 0 fully saturated rings. The van der Waals surface area contributed by atoms with Gasteiger partial charge in [0.1, 0.15) is 11.2 Å². The zero-order chi connectivity index (χ0) is 37.0. The number of hydrogen-bond donors (Lipinski definition) is 0. The molecule has 6 nitrogen and oxygen atoms in total. The first-order chi connectivity index (χ1) is 27.7. The molecule has 56 heavy (non-hydrogen) atoms. The van der Waals surface area contributed by atoms with Gasteiger partial charge in [-0.05, 0) is 41.8 Å². The van der Waals surface area contributed by atoms with E-state index < -0.39 is 0 Å². The molecule has 4 heterocycles. The summed E-state index contributed by atoms with van der Waals surface area (Å²) in [5.74, 6) is 2.81. The fourth-order valence-electron chi connectivity index (χ4n) is 7.71. The lowest BCUT2D eigenvalue weighted by molar-refractivity contribution is 0.669. The third-order valence-electron chi connectivity index (χ3n) is 10.5. The molecule has 1 aliphatic rings. The predicted molar refractivity (Wildman–Crippen MR) is 228 cm³/mol. The molecule has 0 N–H and O–H groups in total. The third-order valence-corrected chi connectivity index (χ3v) is 11.7. The number of nitrogens with zero attached hydrogens (tertiary/aromatic N) is 5. The minimum atomic E-state index is 0.217. The highest BCUT2D eigenvalue weighted by Gasteiger charge is 2.21. The lowest BCUT2D eigenvalue weighted by Crippen LogP contribution is -2.03. The number of allylic oxidation sites excluding steroid dienone is 4. The molecule has 0 radical (unpaired) electrons. The van der Waals surface area contributed by atoms with Crippen molar-refractivity contribution in [2.45, 2.75) is 12.3 Å². The van der Waals surface area contributed by atoms with Crippen LogP contribution in [-0.2, 0) is 0 Å². The Kier molecular flexibility index (Phi) is 7.70. The number of furan rings is 1. The van der Waals surface area contributed by atoms with Gasteiger partial charge in [0, 0.05) is 49.0 Å². The average molecular weight is 738 g/mol. The summed E-state index contributed by atoms with van der Waals surface area (Å²) < 4.78 is 8.94. The Hall–Kier alpha value is -7.09. The number of fused-ring (bicyclic) bond motifs is 6. The molecule has 0 saturated heterocycles. The Morgan fingerprint density at radius 2 is 1.16 bits per heavy atom. The van der Waals surface area contributed by atoms with Crippen molar-refractivity contribution >= 4 is 53.6 Å². The summed E-state index contributed by atoms with van der Waals surface area (Å²) in [6, 6.07) is 49.6. The lowest BCUT2D eigenvalue weighted by Gasteiger charge is -2.15. The van der Waals surface area contributed by atoms with E-state index in [0.717, 1.165) is 78.8 Å². The van der Waals surface area contributed by atoms with Crippen LogP contribution < -0.4 is 0 Å². The maximum atomic E-state index is 6.54. The minimum absolute atomic E-state index is 0.217. The molecule has 264 valence electrons. The van der Waals surface area contributed by atoms with E-state index in [1.54, 1.807) is 11.3 Å². The first kappa shape index (κ1) is 32.3. The van der Waals surface area contributed by atoms with Crippen molar-refractivity contribution in [2.24, 2.45) is 0 Å². The standard InChI is InChI=1S/C49H31N5OS/c1-4-13-31(14-5-1)43-45-44(37-19-10-11-22-41(37)56-45)51-46(50-43)34-25-23-30(24-26-34)35-27-28-36-40(29-35)55-39-21-12-20-38(42(36)39)49-53-47(32-15-6-2-7-16-32)52-48(54-49)33-17-8-3-9-18-33/h1-13,15-29,31H,14H2. The maximum Gasteiger partial charge on any atom is 0.164 e. The summed E-state index contributed by atoms with van der Waals surface area (Å²) in [4.78, 5) is 25.3. The molecule has 0 saturated carbocycles. The number of thiophene rings is 1. The van der Waals surface area contributed by atoms with Gasteiger partial charge in [0.05, 0.1) is 15.9 Å². The SMILES string of the molecule is C1=CCC(c2nc(-c3ccc(-c4ccc5c(c4)oc4cccc(-c6nc(-c7ccccc7)nc(-c7ccccc7)n6)c45)cc3)nc3c2sc2ccccc23)C=C1. The second-order valence-corrected chi connectivity index (χ2v) is 15.0. The number of benzene rings is 6. The zero-order valence-corrected chi connectivity index (χ0v) is 30.8. The first-order valence-electron chi connectivity index (χ1n) is 18.7. The van der Waals surface area contributed by atoms with Gasteiger partial charge in [0.25, 0.3) is 0 Å². The molecule has 1 aliphatic carbocycles. The molecule has 10 aromatic rings. The van der Waals surface area contributed by atoms with Crippen molar-refractivity contribution in [2.75, 3.05) is 0 Å². The molecule has 1 atom stereocenters. The second kappa shape index (κ2) is 13.3. The van der Waals surface area contributed by atoms with Crippen molar-refractivity contribution in [3.05, 3.63) is 176 Å². The molecule has 4 aromatic heterocycles. The van der Waals surface area contributed by atoms with Crippen LogP contribution >= 0.6 is 11.3 Å². The Balaban J connectivity index is 0.981. The molecule has 0 amide bonds. The Bertz CT molecular complexity index is 3110. The second-order valence-electron chi connectivity index (χ2n) is 14.0. The fourth-order valence-corrected chi connectivity index (χ4v) is 8.90. The molecule has 0 aliphatic heterocycles. The minimum Gasteiger partial charge on any atom is -0.456 e. The maximum absolute atomic E-state index is 6.54. The summed E-state index contributed by atoms with van der Waals surface area (Å²) in [7, 11) is 0. The summed E-state index contributed by atoms with van der Waals surface area (Å²) >= 11 is 1.78. The van der Waals surface area contributed by atoms with E-state index in [1.807, 2.05) is 72.8 Å². The van der Waals surface area contributed by atoms with Gasteiger partial charge in [-0.1, -0.05) is 146 Å². The molecular formula is C49H31N5OS. The predicted octanol–water partition coefficient (Wildman–Crippen LogP) is 12.9. The summed E-state index contributed by atoms with van der Waals surface area (Å²) in [5, 5.41) is 3.15. The monoisotopic (exact) mass is 737 g/mol. The molecule has 0 spiro atoms. The van der Waals surface area contributed by atoms with Gasteiger partial charge in [-0.2, -0.15) is 0 Å². The van der Waals surface area contributed by atoms with E-state index in [1.165, 1.54) is 14.8 Å². The van der Waals surface area contributed by atoms with Crippen LogP contribution in [0.25, 0.3) is 98.9 Å². The van der Waals surface area contributed by atoms with Crippen LogP contribution in [0.4, 0.5) is 0 Å². The molecule has 6 aromatic carbocycles. The van der Waals surface area contributed by atoms with Gasteiger partial charge < -0.3 is 4.42 Å². The number of aromatic nitrogens is 5. The Labute approximate surface area is 326 Å². The highest BCUT2D eigenvalue weighted by atomic mass is 32.1. The van der Waals surface area contributed by atoms with Crippen LogP contribution in [0.2, 0.25) is 0 Å². The van der Waals surface area contributed by atoms with Crippen LogP contribution in [0, 0.1) is 0 Å². The van der Waals surface area contributed by atoms with E-state index in [9.17, 15) is 0 Å². The van der Waals surface area contributed by atoms with Gasteiger partial charge in [-0.15, -0.1) is 11.3 Å². The molecule has 0 bridgehead atoms. The third kappa shape index (κ3) is 5.60. The van der Waals surface area contributed by atoms with Crippen LogP contribution in [-0.4, -0.2) is 24.9 Å². The zero-order valence-electron chi connectivity index (χ0n) is 30.0. The van der Waals surface area contributed by atoms with Crippen LogP contribution in [0.15, 0.2) is 174 Å². The van der Waals surface area contributed by atoms with Crippen molar-refractivity contribution in [3.63, 3.8) is 0 Å². The van der Waals surface area contributed by atoms with E-state index in [4.69, 9.17) is 29.3 Å². The molecule has 7 heteroatoms. The highest BCUT2D eigenvalue weighted by Crippen LogP contribution is 2.41. The van der Waals surface area contributed by atoms with E-state index in [2.05, 4.69) is 97.1 Å². The summed E-state index contributed by atoms with van der Waals surface area (Å²) in [6.07, 6.45) is 9.64. The molecule has 1 unspecified atom stereocenters. The molecular weight excluding hydrogens is 707 g/mol. The largest absolute Gasteiger partial charge is 0.456 e. The van der Waals surface area contributed by atoms with Gasteiger partial charge >= 0.3 is 0 Å². The summed E-state index contributed by atoms with van der Waals surface area (Å²) in [6.45, 7) is 0. The fraction of sp³-hybridized carbons (Fsp3) is 0.0408. The van der Waals surface area contributed by atoms with Gasteiger partial charge in [-0.3, -0.25) is 0 Å². The average Bonchev–Trinajstić information content (AvgIpc) is 3.85. The normalized spacial score (nSPS) is 14.0. The number of hydrogen-bond acceptors (Lipinski definition) is 7. The number of rotatable bonds is 6. The van der Waals surface area contributed by atoms with Crippen molar-refractivity contribution in [1.29, 1.82) is 0 Å². The topological polar surface area (TPSA) is 77.6 Å². The van der Waals surface area contributed by atoms with E-state index >= 15 is 0 Å². The van der Waals surface area contributed by atoms with Gasteiger partial charge in [0.15, 0.2) is 23.3 Å². The smallest absolute Gasteiger partial charge is 0.164 e. The van der Waals surface area contributed by atoms with Crippen molar-refractivity contribution in [3.8, 4) is 56.7 Å². The van der Waals surface area contributed by atoms with Crippen LogP contribution in [0.3, 0.4) is 0 Å². The van der Waals surface area contributed by atoms with Crippen LogP contribution in [0.1, 0.15) is 18.0 Å². The Morgan fingerprint density at radius 3 is 1.91 bits per heavy atom. The van der Waals surface area contributed by atoms with Crippen LogP contribution in [0.5, 0.6) is 0 Å². The van der Waals surface area contributed by atoms with E-state index in [-0.39, 0.29) is 5.92 Å². The van der Waals surface area contributed by atoms with Crippen molar-refractivity contribution < 1.29 is 4.42 Å². The Morgan fingerprint density at radius 1 is 0.500 bits per heavy atom. The molecule has 11 rings (SSSR count). The highest BCUT2D eigenvalue weighted by molar-refractivity contribution is 7.25. The first-order valence-corrected chi connectivity index (χ1v) is 19.5. The van der Waals surface area contributed by atoms with Gasteiger partial charge in [-0.25, -0.2) is 24.9 Å². The lowest BCUT2D eigenvalue weighted by atomic mass is 9.96. The summed E-state index contributed by atoms with van der Waals surface area (Å²) in [5.41, 5.74) is 9.57. The van der Waals surface area contributed by atoms with E-state index in [0.29, 0.717) is 17.5 Å². The quantitative estimate of drug-likeness (QED) is 0.169.